The molecule has 168 valence electrons. The molecule has 5 nitrogen and oxygen atoms in total. The molecule has 1 aromatic heterocycles. The Bertz CT molecular complexity index is 1200. The number of amides is 1. The molecular formula is C28H29N3O2. The Morgan fingerprint density at radius 1 is 0.909 bits per heavy atom. The number of fused-ring (bicyclic) bond motifs is 1. The largest absolute Gasteiger partial charge is 0.489 e. The summed E-state index contributed by atoms with van der Waals surface area (Å²) in [6, 6.07) is 26.4. The van der Waals surface area contributed by atoms with Crippen molar-refractivity contribution in [3.05, 3.63) is 102 Å². The first-order chi connectivity index (χ1) is 16.3. The molecule has 1 aliphatic heterocycles. The van der Waals surface area contributed by atoms with Gasteiger partial charge < -0.3 is 19.9 Å². The summed E-state index contributed by atoms with van der Waals surface area (Å²) in [6.45, 7) is 2.87. The molecule has 0 bridgehead atoms. The minimum Gasteiger partial charge on any atom is -0.489 e. The smallest absolute Gasteiger partial charge is 0.240 e. The number of ether oxygens (including phenoxy) is 1. The van der Waals surface area contributed by atoms with E-state index in [0.29, 0.717) is 13.0 Å². The van der Waals surface area contributed by atoms with Crippen LogP contribution in [0.3, 0.4) is 0 Å². The number of nitrogens with one attached hydrogen (secondary N) is 2. The number of H-pyrrole nitrogens is 1. The highest BCUT2D eigenvalue weighted by atomic mass is 16.5. The van der Waals surface area contributed by atoms with E-state index in [1.165, 1.54) is 16.5 Å². The Morgan fingerprint density at radius 3 is 2.55 bits per heavy atom. The number of nitrogens with zero attached hydrogens (tertiary/aromatic N) is 1. The van der Waals surface area contributed by atoms with E-state index in [1.54, 1.807) is 0 Å². The van der Waals surface area contributed by atoms with E-state index in [9.17, 15) is 4.79 Å². The van der Waals surface area contributed by atoms with Crippen molar-refractivity contribution in [2.24, 2.45) is 0 Å². The van der Waals surface area contributed by atoms with Crippen LogP contribution in [0.5, 0.6) is 5.75 Å². The lowest BCUT2D eigenvalue weighted by Crippen LogP contribution is -2.56. The first kappa shape index (κ1) is 21.3. The average Bonchev–Trinajstić information content (AvgIpc) is 3.27. The Hall–Kier alpha value is -3.57. The predicted octanol–water partition coefficient (Wildman–Crippen LogP) is 4.33. The highest BCUT2D eigenvalue weighted by Crippen LogP contribution is 2.21. The Morgan fingerprint density at radius 2 is 1.70 bits per heavy atom. The van der Waals surface area contributed by atoms with Crippen molar-refractivity contribution in [1.82, 2.24) is 15.2 Å². The molecule has 1 saturated heterocycles. The molecule has 5 rings (SSSR count). The minimum absolute atomic E-state index is 0.174. The van der Waals surface area contributed by atoms with Gasteiger partial charge in [-0.15, -0.1) is 0 Å². The SMILES string of the molecule is O=C1[C@@H](Cc2c[nH]c3ccccc23)NCCN1CCc1ccc(OCc2ccccc2)cc1. The van der Waals surface area contributed by atoms with E-state index in [4.69, 9.17) is 4.74 Å². The molecular weight excluding hydrogens is 410 g/mol. The average molecular weight is 440 g/mol. The van der Waals surface area contributed by atoms with Crippen LogP contribution in [0.2, 0.25) is 0 Å². The first-order valence-electron chi connectivity index (χ1n) is 11.6. The fraction of sp³-hybridized carbons (Fsp3) is 0.250. The molecule has 2 N–H and O–H groups in total. The van der Waals surface area contributed by atoms with Crippen LogP contribution in [0.15, 0.2) is 85.1 Å². The number of hydrogen-bond acceptors (Lipinski definition) is 3. The molecule has 0 radical (unpaired) electrons. The van der Waals surface area contributed by atoms with E-state index in [0.717, 1.165) is 42.9 Å². The molecule has 0 spiro atoms. The lowest BCUT2D eigenvalue weighted by Gasteiger charge is -2.33. The molecule has 0 unspecified atom stereocenters. The normalized spacial score (nSPS) is 16.3. The van der Waals surface area contributed by atoms with Crippen molar-refractivity contribution < 1.29 is 9.53 Å². The van der Waals surface area contributed by atoms with Crippen molar-refractivity contribution in [1.29, 1.82) is 0 Å². The quantitative estimate of drug-likeness (QED) is 0.430. The second-order valence-electron chi connectivity index (χ2n) is 8.56. The van der Waals surface area contributed by atoms with Gasteiger partial charge in [-0.3, -0.25) is 4.79 Å². The topological polar surface area (TPSA) is 57.4 Å². The minimum atomic E-state index is -0.174. The Balaban J connectivity index is 1.14. The molecule has 0 saturated carbocycles. The summed E-state index contributed by atoms with van der Waals surface area (Å²) in [5.74, 6) is 1.05. The van der Waals surface area contributed by atoms with Crippen LogP contribution in [0, 0.1) is 0 Å². The lowest BCUT2D eigenvalue weighted by molar-refractivity contribution is -0.135. The molecule has 2 heterocycles. The second-order valence-corrected chi connectivity index (χ2v) is 8.56. The van der Waals surface area contributed by atoms with E-state index in [2.05, 4.69) is 46.7 Å². The van der Waals surface area contributed by atoms with Crippen molar-refractivity contribution in [2.45, 2.75) is 25.5 Å². The van der Waals surface area contributed by atoms with Gasteiger partial charge in [-0.2, -0.15) is 0 Å². The number of para-hydroxylation sites is 1. The van der Waals surface area contributed by atoms with Crippen LogP contribution in [0.25, 0.3) is 10.9 Å². The van der Waals surface area contributed by atoms with Gasteiger partial charge in [-0.1, -0.05) is 60.7 Å². The molecule has 1 fully saturated rings. The number of carbonyl (C=O) groups excluding carboxylic acids is 1. The van der Waals surface area contributed by atoms with Crippen molar-refractivity contribution >= 4 is 16.8 Å². The van der Waals surface area contributed by atoms with Crippen molar-refractivity contribution in [2.75, 3.05) is 19.6 Å². The number of aromatic nitrogens is 1. The number of rotatable bonds is 8. The molecule has 0 aliphatic carbocycles. The van der Waals surface area contributed by atoms with Gasteiger partial charge in [0.05, 0.1) is 6.04 Å². The summed E-state index contributed by atoms with van der Waals surface area (Å²) in [6.07, 6.45) is 3.57. The summed E-state index contributed by atoms with van der Waals surface area (Å²) < 4.78 is 5.88. The van der Waals surface area contributed by atoms with Gasteiger partial charge in [0.15, 0.2) is 0 Å². The lowest BCUT2D eigenvalue weighted by atomic mass is 10.0. The van der Waals surface area contributed by atoms with E-state index >= 15 is 0 Å². The molecule has 33 heavy (non-hydrogen) atoms. The number of piperazine rings is 1. The molecule has 4 aromatic rings. The zero-order valence-electron chi connectivity index (χ0n) is 18.7. The molecule has 3 aromatic carbocycles. The maximum Gasteiger partial charge on any atom is 0.240 e. The summed E-state index contributed by atoms with van der Waals surface area (Å²) >= 11 is 0. The number of aromatic amines is 1. The van der Waals surface area contributed by atoms with Crippen LogP contribution >= 0.6 is 0 Å². The monoisotopic (exact) mass is 439 g/mol. The summed E-state index contributed by atoms with van der Waals surface area (Å²) in [5.41, 5.74) is 4.66. The highest BCUT2D eigenvalue weighted by Gasteiger charge is 2.28. The Kier molecular flexibility index (Phi) is 6.40. The van der Waals surface area contributed by atoms with Crippen molar-refractivity contribution in [3.8, 4) is 5.75 Å². The third-order valence-corrected chi connectivity index (χ3v) is 6.32. The van der Waals surface area contributed by atoms with Crippen molar-refractivity contribution in [3.63, 3.8) is 0 Å². The van der Waals surface area contributed by atoms with Gasteiger partial charge in [0.25, 0.3) is 0 Å². The molecule has 1 atom stereocenters. The van der Waals surface area contributed by atoms with E-state index in [1.807, 2.05) is 53.6 Å². The third-order valence-electron chi connectivity index (χ3n) is 6.32. The fourth-order valence-electron chi connectivity index (χ4n) is 4.45. The zero-order valence-corrected chi connectivity index (χ0v) is 18.7. The predicted molar refractivity (Wildman–Crippen MR) is 131 cm³/mol. The van der Waals surface area contributed by atoms with Gasteiger partial charge in [-0.25, -0.2) is 0 Å². The van der Waals surface area contributed by atoms with Crippen LogP contribution in [-0.4, -0.2) is 41.5 Å². The number of benzene rings is 3. The third kappa shape index (κ3) is 5.10. The van der Waals surface area contributed by atoms with Gasteiger partial charge in [0, 0.05) is 36.7 Å². The Labute approximate surface area is 194 Å². The standard InChI is InChI=1S/C28H29N3O2/c32-28-27(18-23-19-30-26-9-5-4-8-25(23)26)29-15-17-31(28)16-14-21-10-12-24(13-11-21)33-20-22-6-2-1-3-7-22/h1-13,19,27,29-30H,14-18,20H2/t27-/m1/s1. The maximum atomic E-state index is 13.1. The van der Waals surface area contributed by atoms with E-state index in [-0.39, 0.29) is 11.9 Å². The highest BCUT2D eigenvalue weighted by molar-refractivity contribution is 5.86. The molecule has 1 aliphatic rings. The summed E-state index contributed by atoms with van der Waals surface area (Å²) in [7, 11) is 0. The van der Waals surface area contributed by atoms with Gasteiger partial charge in [0.1, 0.15) is 12.4 Å². The van der Waals surface area contributed by atoms with Crippen LogP contribution in [0.4, 0.5) is 0 Å². The zero-order chi connectivity index (χ0) is 22.5. The second kappa shape index (κ2) is 9.92. The van der Waals surface area contributed by atoms with E-state index < -0.39 is 0 Å². The van der Waals surface area contributed by atoms with Crippen LogP contribution < -0.4 is 10.1 Å². The summed E-state index contributed by atoms with van der Waals surface area (Å²) in [5, 5.41) is 4.61. The van der Waals surface area contributed by atoms with Gasteiger partial charge >= 0.3 is 0 Å². The first-order valence-corrected chi connectivity index (χ1v) is 11.6. The van der Waals surface area contributed by atoms with Crippen LogP contribution in [-0.2, 0) is 24.2 Å². The maximum absolute atomic E-state index is 13.1. The molecule has 1 amide bonds. The van der Waals surface area contributed by atoms with Crippen LogP contribution in [0.1, 0.15) is 16.7 Å². The van der Waals surface area contributed by atoms with Gasteiger partial charge in [0.2, 0.25) is 5.91 Å². The fourth-order valence-corrected chi connectivity index (χ4v) is 4.45. The van der Waals surface area contributed by atoms with Gasteiger partial charge in [-0.05, 0) is 47.7 Å². The summed E-state index contributed by atoms with van der Waals surface area (Å²) in [4.78, 5) is 18.4. The molecule has 5 heteroatoms. The number of carbonyl (C=O) groups is 1. The number of hydrogen-bond donors (Lipinski definition) is 2.